The van der Waals surface area contributed by atoms with Crippen molar-refractivity contribution in [2.45, 2.75) is 32.2 Å². The number of carbonyl (C=O) groups is 2. The minimum absolute atomic E-state index is 0. The van der Waals surface area contributed by atoms with Gasteiger partial charge in [0.25, 0.3) is 0 Å². The number of nitrogens with zero attached hydrogens (tertiary/aromatic N) is 4. The zero-order valence-corrected chi connectivity index (χ0v) is 17.7. The molecule has 10 heteroatoms. The van der Waals surface area contributed by atoms with Crippen LogP contribution in [0.25, 0.3) is 11.4 Å². The molecule has 0 spiro atoms. The van der Waals surface area contributed by atoms with Crippen LogP contribution in [0, 0.1) is 5.92 Å². The Morgan fingerprint density at radius 1 is 1.07 bits per heavy atom. The number of H-pyrrole nitrogens is 1. The average Bonchev–Trinajstić information content (AvgIpc) is 3.46. The quantitative estimate of drug-likeness (QED) is 0.682. The summed E-state index contributed by atoms with van der Waals surface area (Å²) in [6.07, 6.45) is 3.58. The maximum atomic E-state index is 12.6. The molecule has 0 unspecified atom stereocenters. The van der Waals surface area contributed by atoms with Crippen molar-refractivity contribution in [2.75, 3.05) is 31.5 Å². The summed E-state index contributed by atoms with van der Waals surface area (Å²) in [5.74, 6) is 1.15. The number of urea groups is 1. The van der Waals surface area contributed by atoms with Crippen LogP contribution in [-0.2, 0) is 11.3 Å². The summed E-state index contributed by atoms with van der Waals surface area (Å²) in [4.78, 5) is 33.2. The van der Waals surface area contributed by atoms with Gasteiger partial charge in [-0.05, 0) is 49.9 Å². The van der Waals surface area contributed by atoms with E-state index in [1.807, 2.05) is 34.1 Å². The third-order valence-corrected chi connectivity index (χ3v) is 5.65. The first kappa shape index (κ1) is 22.0. The van der Waals surface area contributed by atoms with Crippen LogP contribution in [0.2, 0.25) is 0 Å². The number of nitrogens with two attached hydrogens (primary N) is 1. The number of anilines is 1. The molecule has 2 aliphatic rings. The summed E-state index contributed by atoms with van der Waals surface area (Å²) in [5, 5.41) is 9.90. The molecule has 0 bridgehead atoms. The van der Waals surface area contributed by atoms with E-state index in [1.165, 1.54) is 0 Å². The first-order chi connectivity index (χ1) is 14.1. The lowest BCUT2D eigenvalue weighted by molar-refractivity contribution is -0.121. The summed E-state index contributed by atoms with van der Waals surface area (Å²) in [5.41, 5.74) is 7.14. The van der Waals surface area contributed by atoms with Crippen LogP contribution in [-0.4, -0.2) is 63.1 Å². The van der Waals surface area contributed by atoms with E-state index in [9.17, 15) is 9.59 Å². The standard InChI is InChI=1S/C20H27N7O2.ClH/c21-13-17-23-18(25-24-17)14-3-5-16(6-4-14)22-19(28)15-7-11-27(12-8-15)20(29)26-9-1-2-10-26;/h3-6,15H,1-2,7-13,21H2,(H,22,28)(H,23,24,25);1H. The zero-order chi connectivity index (χ0) is 20.2. The van der Waals surface area contributed by atoms with E-state index in [0.717, 1.165) is 37.2 Å². The molecule has 30 heavy (non-hydrogen) atoms. The van der Waals surface area contributed by atoms with Crippen molar-refractivity contribution < 1.29 is 9.59 Å². The largest absolute Gasteiger partial charge is 0.326 e. The number of nitrogens with one attached hydrogen (secondary N) is 2. The zero-order valence-electron chi connectivity index (χ0n) is 16.8. The highest BCUT2D eigenvalue weighted by atomic mass is 35.5. The lowest BCUT2D eigenvalue weighted by atomic mass is 9.96. The number of aromatic amines is 1. The van der Waals surface area contributed by atoms with E-state index in [0.29, 0.717) is 44.1 Å². The highest BCUT2D eigenvalue weighted by molar-refractivity contribution is 5.93. The number of carbonyl (C=O) groups excluding carboxylic acids is 2. The lowest BCUT2D eigenvalue weighted by Gasteiger charge is -2.34. The molecular weight excluding hydrogens is 406 g/mol. The van der Waals surface area contributed by atoms with Crippen LogP contribution in [0.1, 0.15) is 31.5 Å². The fourth-order valence-electron chi connectivity index (χ4n) is 3.90. The van der Waals surface area contributed by atoms with E-state index in [1.54, 1.807) is 0 Å². The van der Waals surface area contributed by atoms with Crippen molar-refractivity contribution in [3.05, 3.63) is 30.1 Å². The number of rotatable bonds is 4. The van der Waals surface area contributed by atoms with Gasteiger partial charge < -0.3 is 20.9 Å². The van der Waals surface area contributed by atoms with E-state index in [-0.39, 0.29) is 30.3 Å². The molecule has 1 aromatic carbocycles. The van der Waals surface area contributed by atoms with Crippen LogP contribution in [0.15, 0.2) is 24.3 Å². The lowest BCUT2D eigenvalue weighted by Crippen LogP contribution is -2.47. The molecule has 1 aromatic heterocycles. The van der Waals surface area contributed by atoms with Gasteiger partial charge in [0.1, 0.15) is 5.82 Å². The Bertz CT molecular complexity index is 856. The van der Waals surface area contributed by atoms with Gasteiger partial charge >= 0.3 is 6.03 Å². The monoisotopic (exact) mass is 433 g/mol. The second-order valence-electron chi connectivity index (χ2n) is 7.61. The molecule has 2 aliphatic heterocycles. The van der Waals surface area contributed by atoms with Gasteiger partial charge in [-0.25, -0.2) is 9.78 Å². The average molecular weight is 434 g/mol. The van der Waals surface area contributed by atoms with E-state index in [2.05, 4.69) is 20.5 Å². The van der Waals surface area contributed by atoms with Gasteiger partial charge in [-0.3, -0.25) is 9.89 Å². The number of piperidine rings is 1. The van der Waals surface area contributed by atoms with Crippen molar-refractivity contribution in [3.8, 4) is 11.4 Å². The first-order valence-electron chi connectivity index (χ1n) is 10.2. The Labute approximate surface area is 181 Å². The number of hydrogen-bond donors (Lipinski definition) is 3. The Balaban J connectivity index is 0.00000256. The number of likely N-dealkylation sites (tertiary alicyclic amines) is 2. The Hall–Kier alpha value is -2.65. The van der Waals surface area contributed by atoms with Crippen LogP contribution < -0.4 is 11.1 Å². The normalized spacial score (nSPS) is 17.0. The number of aromatic nitrogens is 3. The number of hydrogen-bond acceptors (Lipinski definition) is 5. The van der Waals surface area contributed by atoms with Crippen molar-refractivity contribution in [1.82, 2.24) is 25.0 Å². The van der Waals surface area contributed by atoms with Gasteiger partial charge in [0, 0.05) is 43.3 Å². The second kappa shape index (κ2) is 9.90. The summed E-state index contributed by atoms with van der Waals surface area (Å²) < 4.78 is 0. The summed E-state index contributed by atoms with van der Waals surface area (Å²) in [7, 11) is 0. The van der Waals surface area contributed by atoms with Gasteiger partial charge in [-0.1, -0.05) is 0 Å². The van der Waals surface area contributed by atoms with Crippen LogP contribution >= 0.6 is 12.4 Å². The van der Waals surface area contributed by atoms with Gasteiger partial charge in [-0.15, -0.1) is 12.4 Å². The minimum atomic E-state index is -0.0718. The molecule has 2 saturated heterocycles. The van der Waals surface area contributed by atoms with Gasteiger partial charge in [0.15, 0.2) is 5.82 Å². The molecule has 3 heterocycles. The molecular formula is C20H28ClN7O2. The third-order valence-electron chi connectivity index (χ3n) is 5.65. The van der Waals surface area contributed by atoms with Crippen molar-refractivity contribution >= 4 is 30.0 Å². The number of halogens is 1. The SMILES string of the molecule is Cl.NCc1nc(-c2ccc(NC(=O)C3CCN(C(=O)N4CCCC4)CC3)cc2)n[nH]1. The van der Waals surface area contributed by atoms with Crippen molar-refractivity contribution in [3.63, 3.8) is 0 Å². The topological polar surface area (TPSA) is 120 Å². The van der Waals surface area contributed by atoms with Crippen LogP contribution in [0.3, 0.4) is 0 Å². The molecule has 3 amide bonds. The van der Waals surface area contributed by atoms with Crippen molar-refractivity contribution in [1.29, 1.82) is 0 Å². The predicted molar refractivity (Wildman–Crippen MR) is 116 cm³/mol. The molecule has 2 aromatic rings. The van der Waals surface area contributed by atoms with Crippen LogP contribution in [0.5, 0.6) is 0 Å². The molecule has 0 atom stereocenters. The smallest absolute Gasteiger partial charge is 0.319 e. The molecule has 0 radical (unpaired) electrons. The molecule has 0 saturated carbocycles. The number of amides is 3. The highest BCUT2D eigenvalue weighted by Gasteiger charge is 2.30. The Kier molecular flexibility index (Phi) is 7.28. The van der Waals surface area contributed by atoms with Crippen molar-refractivity contribution in [2.24, 2.45) is 11.7 Å². The molecule has 0 aliphatic carbocycles. The highest BCUT2D eigenvalue weighted by Crippen LogP contribution is 2.23. The minimum Gasteiger partial charge on any atom is -0.326 e. The van der Waals surface area contributed by atoms with Gasteiger partial charge in [-0.2, -0.15) is 5.10 Å². The van der Waals surface area contributed by atoms with E-state index < -0.39 is 0 Å². The summed E-state index contributed by atoms with van der Waals surface area (Å²) in [6.45, 7) is 3.30. The Morgan fingerprint density at radius 3 is 2.30 bits per heavy atom. The summed E-state index contributed by atoms with van der Waals surface area (Å²) in [6, 6.07) is 7.56. The molecule has 9 nitrogen and oxygen atoms in total. The summed E-state index contributed by atoms with van der Waals surface area (Å²) >= 11 is 0. The Morgan fingerprint density at radius 2 is 1.70 bits per heavy atom. The number of benzene rings is 1. The molecule has 162 valence electrons. The van der Waals surface area contributed by atoms with E-state index in [4.69, 9.17) is 5.73 Å². The van der Waals surface area contributed by atoms with E-state index >= 15 is 0 Å². The van der Waals surface area contributed by atoms with Gasteiger partial charge in [0.2, 0.25) is 5.91 Å². The fourth-order valence-corrected chi connectivity index (χ4v) is 3.90. The predicted octanol–water partition coefficient (Wildman–Crippen LogP) is 2.22. The molecule has 4 N–H and O–H groups in total. The third kappa shape index (κ3) is 4.91. The molecule has 4 rings (SSSR count). The molecule has 2 fully saturated rings. The first-order valence-corrected chi connectivity index (χ1v) is 10.2. The van der Waals surface area contributed by atoms with Gasteiger partial charge in [0.05, 0.1) is 6.54 Å². The van der Waals surface area contributed by atoms with Crippen LogP contribution in [0.4, 0.5) is 10.5 Å². The fraction of sp³-hybridized carbons (Fsp3) is 0.500. The maximum Gasteiger partial charge on any atom is 0.319 e. The second-order valence-corrected chi connectivity index (χ2v) is 7.61. The maximum absolute atomic E-state index is 12.6.